The van der Waals surface area contributed by atoms with E-state index in [2.05, 4.69) is 0 Å². The Kier molecular flexibility index (Phi) is 7.73. The molecule has 0 aliphatic carbocycles. The number of hydrogen-bond acceptors (Lipinski definition) is 4. The van der Waals surface area contributed by atoms with Gasteiger partial charge in [0.1, 0.15) is 5.75 Å². The molecule has 112 valence electrons. The maximum atomic E-state index is 11.5. The van der Waals surface area contributed by atoms with E-state index in [1.807, 2.05) is 31.2 Å². The second-order valence-electron chi connectivity index (χ2n) is 4.78. The lowest BCUT2D eigenvalue weighted by Crippen LogP contribution is -2.23. The van der Waals surface area contributed by atoms with Gasteiger partial charge in [0.05, 0.1) is 13.7 Å². The SMILES string of the molecule is CCCCOC(=O)[C@@H](O)CCCc1ccc(OC)cc1. The Morgan fingerprint density at radius 2 is 1.95 bits per heavy atom. The highest BCUT2D eigenvalue weighted by molar-refractivity contribution is 5.74. The summed E-state index contributed by atoms with van der Waals surface area (Å²) in [6, 6.07) is 7.80. The predicted octanol–water partition coefficient (Wildman–Crippen LogP) is 2.72. The number of methoxy groups -OCH3 is 1. The molecule has 1 aromatic carbocycles. The lowest BCUT2D eigenvalue weighted by Gasteiger charge is -2.10. The number of hydrogen-bond donors (Lipinski definition) is 1. The van der Waals surface area contributed by atoms with Crippen LogP contribution < -0.4 is 4.74 Å². The molecule has 0 saturated carbocycles. The largest absolute Gasteiger partial charge is 0.497 e. The first-order chi connectivity index (χ1) is 9.67. The van der Waals surface area contributed by atoms with Gasteiger partial charge in [-0.3, -0.25) is 0 Å². The summed E-state index contributed by atoms with van der Waals surface area (Å²) in [5.74, 6) is 0.321. The van der Waals surface area contributed by atoms with Crippen molar-refractivity contribution in [3.63, 3.8) is 0 Å². The maximum Gasteiger partial charge on any atom is 0.334 e. The van der Waals surface area contributed by atoms with Crippen LogP contribution in [0.5, 0.6) is 5.75 Å². The predicted molar refractivity (Wildman–Crippen MR) is 77.8 cm³/mol. The highest BCUT2D eigenvalue weighted by Crippen LogP contribution is 2.14. The fourth-order valence-electron chi connectivity index (χ4n) is 1.82. The molecular weight excluding hydrogens is 256 g/mol. The van der Waals surface area contributed by atoms with Gasteiger partial charge in [-0.1, -0.05) is 25.5 Å². The van der Waals surface area contributed by atoms with Crippen molar-refractivity contribution in [2.75, 3.05) is 13.7 Å². The van der Waals surface area contributed by atoms with Crippen molar-refractivity contribution >= 4 is 5.97 Å². The van der Waals surface area contributed by atoms with Gasteiger partial charge >= 0.3 is 5.97 Å². The number of carbonyl (C=O) groups excluding carboxylic acids is 1. The average Bonchev–Trinajstić information content (AvgIpc) is 2.48. The molecule has 20 heavy (non-hydrogen) atoms. The molecule has 1 aromatic rings. The number of rotatable bonds is 9. The lowest BCUT2D eigenvalue weighted by atomic mass is 10.1. The van der Waals surface area contributed by atoms with Crippen LogP contribution in [0.3, 0.4) is 0 Å². The number of aliphatic hydroxyl groups is 1. The highest BCUT2D eigenvalue weighted by atomic mass is 16.5. The van der Waals surface area contributed by atoms with Gasteiger partial charge in [-0.25, -0.2) is 4.79 Å². The van der Waals surface area contributed by atoms with Gasteiger partial charge in [-0.15, -0.1) is 0 Å². The zero-order chi connectivity index (χ0) is 14.8. The first-order valence-electron chi connectivity index (χ1n) is 7.15. The lowest BCUT2D eigenvalue weighted by molar-refractivity contribution is -0.154. The quantitative estimate of drug-likeness (QED) is 0.558. The third-order valence-electron chi connectivity index (χ3n) is 3.12. The highest BCUT2D eigenvalue weighted by Gasteiger charge is 2.15. The van der Waals surface area contributed by atoms with Crippen LogP contribution in [0.2, 0.25) is 0 Å². The zero-order valence-corrected chi connectivity index (χ0v) is 12.3. The molecule has 0 unspecified atom stereocenters. The minimum Gasteiger partial charge on any atom is -0.497 e. The summed E-state index contributed by atoms with van der Waals surface area (Å²) in [6.07, 6.45) is 2.80. The average molecular weight is 280 g/mol. The number of esters is 1. The van der Waals surface area contributed by atoms with Gasteiger partial charge in [-0.2, -0.15) is 0 Å². The molecule has 0 heterocycles. The fourth-order valence-corrected chi connectivity index (χ4v) is 1.82. The molecule has 0 radical (unpaired) electrons. The standard InChI is InChI=1S/C16H24O4/c1-3-4-12-20-16(18)15(17)7-5-6-13-8-10-14(19-2)11-9-13/h8-11,15,17H,3-7,12H2,1-2H3/t15-/m0/s1. The molecule has 0 aromatic heterocycles. The number of benzene rings is 1. The van der Waals surface area contributed by atoms with Crippen LogP contribution in [0, 0.1) is 0 Å². The molecule has 4 heteroatoms. The first kappa shape index (κ1) is 16.5. The number of ether oxygens (including phenoxy) is 2. The summed E-state index contributed by atoms with van der Waals surface area (Å²) in [7, 11) is 1.63. The van der Waals surface area contributed by atoms with Gasteiger partial charge in [0.25, 0.3) is 0 Å². The molecule has 1 rings (SSSR count). The molecule has 0 bridgehead atoms. The number of carbonyl (C=O) groups is 1. The third-order valence-corrected chi connectivity index (χ3v) is 3.12. The Morgan fingerprint density at radius 1 is 1.25 bits per heavy atom. The molecule has 0 amide bonds. The van der Waals surface area contributed by atoms with E-state index in [0.717, 1.165) is 37.0 Å². The fraction of sp³-hybridized carbons (Fsp3) is 0.562. The van der Waals surface area contributed by atoms with Gasteiger partial charge in [0.15, 0.2) is 6.10 Å². The summed E-state index contributed by atoms with van der Waals surface area (Å²) in [4.78, 5) is 11.5. The van der Waals surface area contributed by atoms with E-state index in [1.54, 1.807) is 7.11 Å². The van der Waals surface area contributed by atoms with E-state index in [0.29, 0.717) is 13.0 Å². The van der Waals surface area contributed by atoms with Gasteiger partial charge in [0, 0.05) is 0 Å². The van der Waals surface area contributed by atoms with Crippen molar-refractivity contribution in [2.24, 2.45) is 0 Å². The van der Waals surface area contributed by atoms with E-state index >= 15 is 0 Å². The minimum absolute atomic E-state index is 0.394. The third kappa shape index (κ3) is 6.06. The molecule has 0 aliphatic rings. The van der Waals surface area contributed by atoms with Crippen LogP contribution in [0.25, 0.3) is 0 Å². The van der Waals surface area contributed by atoms with Crippen LogP contribution in [0.15, 0.2) is 24.3 Å². The van der Waals surface area contributed by atoms with E-state index in [1.165, 1.54) is 0 Å². The van der Waals surface area contributed by atoms with Gasteiger partial charge < -0.3 is 14.6 Å². The van der Waals surface area contributed by atoms with Crippen molar-refractivity contribution < 1.29 is 19.4 Å². The Hall–Kier alpha value is -1.55. The Bertz CT molecular complexity index is 386. The zero-order valence-electron chi connectivity index (χ0n) is 12.3. The Morgan fingerprint density at radius 3 is 2.55 bits per heavy atom. The van der Waals surface area contributed by atoms with Crippen molar-refractivity contribution in [1.82, 2.24) is 0 Å². The smallest absolute Gasteiger partial charge is 0.334 e. The summed E-state index contributed by atoms with van der Waals surface area (Å²) in [6.45, 7) is 2.42. The molecule has 1 N–H and O–H groups in total. The topological polar surface area (TPSA) is 55.8 Å². The Balaban J connectivity index is 2.23. The van der Waals surface area contributed by atoms with Crippen LogP contribution in [0.4, 0.5) is 0 Å². The summed E-state index contributed by atoms with van der Waals surface area (Å²) >= 11 is 0. The molecule has 0 spiro atoms. The van der Waals surface area contributed by atoms with Gasteiger partial charge in [-0.05, 0) is 43.4 Å². The molecule has 1 atom stereocenters. The van der Waals surface area contributed by atoms with Crippen molar-refractivity contribution in [3.05, 3.63) is 29.8 Å². The van der Waals surface area contributed by atoms with Crippen LogP contribution in [-0.4, -0.2) is 30.9 Å². The van der Waals surface area contributed by atoms with E-state index in [4.69, 9.17) is 9.47 Å². The number of unbranched alkanes of at least 4 members (excludes halogenated alkanes) is 1. The molecule has 0 fully saturated rings. The molecule has 0 saturated heterocycles. The van der Waals surface area contributed by atoms with E-state index in [9.17, 15) is 9.90 Å². The van der Waals surface area contributed by atoms with Crippen molar-refractivity contribution in [1.29, 1.82) is 0 Å². The number of aliphatic hydroxyl groups excluding tert-OH is 1. The van der Waals surface area contributed by atoms with E-state index < -0.39 is 12.1 Å². The maximum absolute atomic E-state index is 11.5. The van der Waals surface area contributed by atoms with Crippen LogP contribution in [-0.2, 0) is 16.0 Å². The second-order valence-corrected chi connectivity index (χ2v) is 4.78. The molecule has 0 aliphatic heterocycles. The van der Waals surface area contributed by atoms with Crippen LogP contribution >= 0.6 is 0 Å². The molecule has 4 nitrogen and oxygen atoms in total. The second kappa shape index (κ2) is 9.37. The summed E-state index contributed by atoms with van der Waals surface area (Å²) in [5.41, 5.74) is 1.16. The molecular formula is C16H24O4. The minimum atomic E-state index is -1.01. The van der Waals surface area contributed by atoms with Crippen molar-refractivity contribution in [2.45, 2.75) is 45.1 Å². The first-order valence-corrected chi connectivity index (χ1v) is 7.15. The monoisotopic (exact) mass is 280 g/mol. The summed E-state index contributed by atoms with van der Waals surface area (Å²) < 4.78 is 10.1. The normalized spacial score (nSPS) is 11.9. The number of aryl methyl sites for hydroxylation is 1. The van der Waals surface area contributed by atoms with E-state index in [-0.39, 0.29) is 0 Å². The summed E-state index contributed by atoms with van der Waals surface area (Å²) in [5, 5.41) is 9.68. The van der Waals surface area contributed by atoms with Gasteiger partial charge in [0.2, 0.25) is 0 Å². The van der Waals surface area contributed by atoms with Crippen molar-refractivity contribution in [3.8, 4) is 5.75 Å². The Labute approximate surface area is 120 Å². The van der Waals surface area contributed by atoms with Crippen LogP contribution in [0.1, 0.15) is 38.2 Å².